The van der Waals surface area contributed by atoms with Gasteiger partial charge in [0.1, 0.15) is 4.87 Å². The second-order valence-electron chi connectivity index (χ2n) is 3.72. The van der Waals surface area contributed by atoms with Crippen LogP contribution in [-0.4, -0.2) is 10.3 Å². The number of alkyl halides is 2. The van der Waals surface area contributed by atoms with Crippen molar-refractivity contribution in [3.05, 3.63) is 66.3 Å². The quantitative estimate of drug-likeness (QED) is 0.683. The van der Waals surface area contributed by atoms with Gasteiger partial charge in [0, 0.05) is 0 Å². The Labute approximate surface area is 106 Å². The van der Waals surface area contributed by atoms with Crippen LogP contribution in [0.4, 0.5) is 0 Å². The summed E-state index contributed by atoms with van der Waals surface area (Å²) in [6.45, 7) is 0. The maximum Gasteiger partial charge on any atom is 0.101 e. The van der Waals surface area contributed by atoms with Gasteiger partial charge in [-0.2, -0.15) is 0 Å². The number of halogens is 2. The molecule has 1 aliphatic rings. The van der Waals surface area contributed by atoms with Crippen molar-refractivity contribution in [1.29, 1.82) is 0 Å². The van der Waals surface area contributed by atoms with Gasteiger partial charge in [-0.25, -0.2) is 0 Å². The summed E-state index contributed by atoms with van der Waals surface area (Å²) in [5.41, 5.74) is 1.12. The van der Waals surface area contributed by atoms with Crippen LogP contribution in [0.3, 0.4) is 0 Å². The van der Waals surface area contributed by atoms with Gasteiger partial charge in [0.2, 0.25) is 0 Å². The average molecular weight is 251 g/mol. The molecule has 0 aromatic heterocycles. The first-order valence-electron chi connectivity index (χ1n) is 5.14. The smallest absolute Gasteiger partial charge is 0.101 e. The van der Waals surface area contributed by atoms with Crippen molar-refractivity contribution in [3.63, 3.8) is 0 Å². The SMILES string of the molecule is ClC1C=CC=CC1(Cl)/C=C\c1ccccc1. The monoisotopic (exact) mass is 250 g/mol. The van der Waals surface area contributed by atoms with Crippen molar-refractivity contribution < 1.29 is 0 Å². The fourth-order valence-electron chi connectivity index (χ4n) is 1.54. The van der Waals surface area contributed by atoms with Gasteiger partial charge in [-0.05, 0) is 5.56 Å². The predicted molar refractivity (Wildman–Crippen MR) is 72.0 cm³/mol. The van der Waals surface area contributed by atoms with Gasteiger partial charge in [-0.15, -0.1) is 23.2 Å². The maximum atomic E-state index is 6.42. The number of benzene rings is 1. The second-order valence-corrected chi connectivity index (χ2v) is 4.84. The van der Waals surface area contributed by atoms with Gasteiger partial charge in [0.05, 0.1) is 5.38 Å². The summed E-state index contributed by atoms with van der Waals surface area (Å²) in [6.07, 6.45) is 11.6. The molecule has 2 atom stereocenters. The van der Waals surface area contributed by atoms with Crippen molar-refractivity contribution >= 4 is 29.3 Å². The van der Waals surface area contributed by atoms with Gasteiger partial charge < -0.3 is 0 Å². The van der Waals surface area contributed by atoms with E-state index in [1.807, 2.05) is 66.8 Å². The van der Waals surface area contributed by atoms with E-state index >= 15 is 0 Å². The largest absolute Gasteiger partial charge is 0.116 e. The normalized spacial score (nSPS) is 28.8. The van der Waals surface area contributed by atoms with E-state index in [4.69, 9.17) is 23.2 Å². The third kappa shape index (κ3) is 2.58. The van der Waals surface area contributed by atoms with E-state index in [1.165, 1.54) is 0 Å². The molecule has 82 valence electrons. The molecule has 0 fully saturated rings. The zero-order chi connectivity index (χ0) is 11.4. The molecule has 16 heavy (non-hydrogen) atoms. The van der Waals surface area contributed by atoms with E-state index in [1.54, 1.807) is 0 Å². The highest BCUT2D eigenvalue weighted by molar-refractivity contribution is 6.35. The van der Waals surface area contributed by atoms with Crippen molar-refractivity contribution in [1.82, 2.24) is 0 Å². The summed E-state index contributed by atoms with van der Waals surface area (Å²) in [5, 5.41) is -0.209. The lowest BCUT2D eigenvalue weighted by molar-refractivity contribution is 0.879. The highest BCUT2D eigenvalue weighted by Crippen LogP contribution is 2.32. The number of allylic oxidation sites excluding steroid dienone is 5. The zero-order valence-electron chi connectivity index (χ0n) is 8.68. The molecule has 2 unspecified atom stereocenters. The third-order valence-corrected chi connectivity index (χ3v) is 3.60. The molecule has 2 rings (SSSR count). The van der Waals surface area contributed by atoms with Crippen LogP contribution in [0.1, 0.15) is 5.56 Å². The average Bonchev–Trinajstić information content (AvgIpc) is 2.32. The molecule has 1 aromatic rings. The Kier molecular flexibility index (Phi) is 3.52. The van der Waals surface area contributed by atoms with E-state index in [0.717, 1.165) is 5.56 Å². The van der Waals surface area contributed by atoms with Crippen molar-refractivity contribution in [3.8, 4) is 0 Å². The van der Waals surface area contributed by atoms with E-state index in [2.05, 4.69) is 0 Å². The summed E-state index contributed by atoms with van der Waals surface area (Å²) in [5.74, 6) is 0. The van der Waals surface area contributed by atoms with Crippen LogP contribution < -0.4 is 0 Å². The Bertz CT molecular complexity index is 431. The molecular formula is C14H12Cl2. The molecule has 2 heteroatoms. The van der Waals surface area contributed by atoms with Crippen LogP contribution in [-0.2, 0) is 0 Å². The molecule has 0 saturated carbocycles. The standard InChI is InChI=1S/C14H12Cl2/c15-13-8-4-5-10-14(13,16)11-9-12-6-2-1-3-7-12/h1-11,13H/b11-9-. The lowest BCUT2D eigenvalue weighted by atomic mass is 9.98. The Hall–Kier alpha value is -0.980. The van der Waals surface area contributed by atoms with Crippen molar-refractivity contribution in [2.75, 3.05) is 0 Å². The highest BCUT2D eigenvalue weighted by Gasteiger charge is 2.29. The highest BCUT2D eigenvalue weighted by atomic mass is 35.5. The lowest BCUT2D eigenvalue weighted by Crippen LogP contribution is -2.28. The Balaban J connectivity index is 2.18. The Morgan fingerprint density at radius 2 is 1.88 bits per heavy atom. The van der Waals surface area contributed by atoms with Crippen LogP contribution in [0.15, 0.2) is 60.7 Å². The molecule has 0 heterocycles. The first kappa shape index (κ1) is 11.5. The molecule has 0 aliphatic heterocycles. The first-order valence-corrected chi connectivity index (χ1v) is 5.95. The van der Waals surface area contributed by atoms with Crippen LogP contribution in [0.2, 0.25) is 0 Å². The zero-order valence-corrected chi connectivity index (χ0v) is 10.2. The summed E-state index contributed by atoms with van der Waals surface area (Å²) < 4.78 is 0. The maximum absolute atomic E-state index is 6.42. The Morgan fingerprint density at radius 1 is 1.12 bits per heavy atom. The molecule has 0 saturated heterocycles. The van der Waals surface area contributed by atoms with E-state index in [0.29, 0.717) is 0 Å². The van der Waals surface area contributed by atoms with Gasteiger partial charge in [-0.3, -0.25) is 0 Å². The topological polar surface area (TPSA) is 0 Å². The molecule has 0 bridgehead atoms. The molecule has 1 aliphatic carbocycles. The van der Waals surface area contributed by atoms with Crippen LogP contribution in [0.25, 0.3) is 6.08 Å². The van der Waals surface area contributed by atoms with Crippen LogP contribution in [0, 0.1) is 0 Å². The van der Waals surface area contributed by atoms with Crippen LogP contribution >= 0.6 is 23.2 Å². The minimum Gasteiger partial charge on any atom is -0.116 e. The van der Waals surface area contributed by atoms with Crippen molar-refractivity contribution in [2.24, 2.45) is 0 Å². The molecular weight excluding hydrogens is 239 g/mol. The fourth-order valence-corrected chi connectivity index (χ4v) is 1.98. The molecule has 1 aromatic carbocycles. The molecule has 0 amide bonds. The first-order chi connectivity index (χ1) is 7.71. The summed E-state index contributed by atoms with van der Waals surface area (Å²) >= 11 is 12.6. The van der Waals surface area contributed by atoms with Gasteiger partial charge in [0.15, 0.2) is 0 Å². The van der Waals surface area contributed by atoms with E-state index < -0.39 is 4.87 Å². The summed E-state index contributed by atoms with van der Waals surface area (Å²) in [6, 6.07) is 10.0. The molecule has 0 N–H and O–H groups in total. The fraction of sp³-hybridized carbons (Fsp3) is 0.143. The van der Waals surface area contributed by atoms with Gasteiger partial charge in [0.25, 0.3) is 0 Å². The predicted octanol–water partition coefficient (Wildman–Crippen LogP) is 4.41. The van der Waals surface area contributed by atoms with E-state index in [-0.39, 0.29) is 5.38 Å². The third-order valence-electron chi connectivity index (χ3n) is 2.50. The second kappa shape index (κ2) is 4.90. The minimum absolute atomic E-state index is 0.209. The summed E-state index contributed by atoms with van der Waals surface area (Å²) in [7, 11) is 0. The lowest BCUT2D eigenvalue weighted by Gasteiger charge is -2.25. The number of rotatable bonds is 2. The molecule has 0 spiro atoms. The molecule has 0 radical (unpaired) electrons. The Morgan fingerprint density at radius 3 is 2.56 bits per heavy atom. The summed E-state index contributed by atoms with van der Waals surface area (Å²) in [4.78, 5) is -0.619. The van der Waals surface area contributed by atoms with Gasteiger partial charge in [-0.1, -0.05) is 66.8 Å². The van der Waals surface area contributed by atoms with Crippen molar-refractivity contribution in [2.45, 2.75) is 10.3 Å². The molecule has 0 nitrogen and oxygen atoms in total. The van der Waals surface area contributed by atoms with E-state index in [9.17, 15) is 0 Å². The van der Waals surface area contributed by atoms with Gasteiger partial charge >= 0.3 is 0 Å². The number of hydrogen-bond donors (Lipinski definition) is 0. The minimum atomic E-state index is -0.619. The van der Waals surface area contributed by atoms with Crippen LogP contribution in [0.5, 0.6) is 0 Å². The number of hydrogen-bond acceptors (Lipinski definition) is 0.